The molecule has 6 heteroatoms. The van der Waals surface area contributed by atoms with Crippen LogP contribution >= 0.6 is 11.3 Å². The van der Waals surface area contributed by atoms with Gasteiger partial charge in [-0.15, -0.1) is 11.3 Å². The second-order valence-corrected chi connectivity index (χ2v) is 8.84. The molecule has 1 aromatic heterocycles. The van der Waals surface area contributed by atoms with Gasteiger partial charge in [0.25, 0.3) is 0 Å². The molecule has 0 fully saturated rings. The van der Waals surface area contributed by atoms with E-state index in [1.54, 1.807) is 11.3 Å². The molecule has 5 nitrogen and oxygen atoms in total. The van der Waals surface area contributed by atoms with Crippen molar-refractivity contribution in [2.75, 3.05) is 13.1 Å². The van der Waals surface area contributed by atoms with E-state index in [0.717, 1.165) is 29.0 Å². The summed E-state index contributed by atoms with van der Waals surface area (Å²) in [5.41, 5.74) is 3.17. The predicted octanol–water partition coefficient (Wildman–Crippen LogP) is 4.74. The van der Waals surface area contributed by atoms with E-state index in [1.165, 1.54) is 10.6 Å². The average molecular weight is 446 g/mol. The molecule has 0 saturated carbocycles. The monoisotopic (exact) mass is 445 g/mol. The smallest absolute Gasteiger partial charge is 0.243 e. The molecule has 0 bridgehead atoms. The maximum absolute atomic E-state index is 13.0. The Labute approximate surface area is 193 Å². The Morgan fingerprint density at radius 1 is 0.938 bits per heavy atom. The summed E-state index contributed by atoms with van der Waals surface area (Å²) in [7, 11) is 0. The molecule has 1 aliphatic heterocycles. The maximum atomic E-state index is 13.0. The molecule has 32 heavy (non-hydrogen) atoms. The highest BCUT2D eigenvalue weighted by atomic mass is 32.1. The highest BCUT2D eigenvalue weighted by Gasteiger charge is 2.23. The van der Waals surface area contributed by atoms with Crippen LogP contribution < -0.4 is 0 Å². The molecule has 0 unspecified atom stereocenters. The van der Waals surface area contributed by atoms with E-state index in [1.807, 2.05) is 70.9 Å². The number of benzene rings is 2. The van der Waals surface area contributed by atoms with Crippen LogP contribution in [-0.2, 0) is 22.6 Å². The van der Waals surface area contributed by atoms with Gasteiger partial charge in [0.05, 0.1) is 18.8 Å². The van der Waals surface area contributed by atoms with Gasteiger partial charge in [-0.2, -0.15) is 5.10 Å². The fourth-order valence-corrected chi connectivity index (χ4v) is 4.48. The Balaban J connectivity index is 1.34. The first-order valence-corrected chi connectivity index (χ1v) is 11.8. The summed E-state index contributed by atoms with van der Waals surface area (Å²) < 4.78 is 0. The molecule has 2 heterocycles. The lowest BCUT2D eigenvalue weighted by molar-refractivity contribution is -0.137. The van der Waals surface area contributed by atoms with E-state index >= 15 is 0 Å². The van der Waals surface area contributed by atoms with Crippen LogP contribution in [0.3, 0.4) is 0 Å². The lowest BCUT2D eigenvalue weighted by Gasteiger charge is -2.22. The van der Waals surface area contributed by atoms with Gasteiger partial charge in [0.2, 0.25) is 11.8 Å². The second-order valence-electron chi connectivity index (χ2n) is 7.81. The van der Waals surface area contributed by atoms with Gasteiger partial charge in [-0.1, -0.05) is 66.7 Å². The van der Waals surface area contributed by atoms with Gasteiger partial charge in [-0.05, 0) is 29.0 Å². The lowest BCUT2D eigenvalue weighted by atomic mass is 10.1. The molecule has 0 N–H and O–H groups in total. The van der Waals surface area contributed by atoms with E-state index in [9.17, 15) is 9.59 Å². The third kappa shape index (κ3) is 5.92. The average Bonchev–Trinajstić information content (AvgIpc) is 3.54. The fraction of sp³-hybridized carbons (Fsp3) is 0.269. The summed E-state index contributed by atoms with van der Waals surface area (Å²) >= 11 is 1.65. The number of hydrazone groups is 1. The highest BCUT2D eigenvalue weighted by molar-refractivity contribution is 7.09. The molecule has 0 atom stereocenters. The molecule has 4 rings (SSSR count). The summed E-state index contributed by atoms with van der Waals surface area (Å²) in [6.45, 7) is 1.79. The number of thiophene rings is 1. The molecule has 0 saturated heterocycles. The predicted molar refractivity (Wildman–Crippen MR) is 128 cm³/mol. The fourth-order valence-electron chi connectivity index (χ4n) is 3.76. The first-order valence-electron chi connectivity index (χ1n) is 11.0. The van der Waals surface area contributed by atoms with Gasteiger partial charge in [0.1, 0.15) is 0 Å². The van der Waals surface area contributed by atoms with Crippen molar-refractivity contribution in [3.8, 4) is 0 Å². The normalized spacial score (nSPS) is 13.1. The number of carbonyl (C=O) groups excluding carboxylic acids is 2. The SMILES string of the molecule is O=C(CCC(=O)N1CCC(c2ccccc2)=N1)N(CCc1ccccc1)Cc1cccs1. The first kappa shape index (κ1) is 22.0. The van der Waals surface area contributed by atoms with E-state index in [-0.39, 0.29) is 24.7 Å². The minimum atomic E-state index is -0.0941. The summed E-state index contributed by atoms with van der Waals surface area (Å²) in [5.74, 6) is -0.0856. The van der Waals surface area contributed by atoms with Gasteiger partial charge in [0, 0.05) is 30.7 Å². The maximum Gasteiger partial charge on any atom is 0.243 e. The van der Waals surface area contributed by atoms with Gasteiger partial charge >= 0.3 is 0 Å². The number of hydrogen-bond acceptors (Lipinski definition) is 4. The number of amides is 2. The second kappa shape index (κ2) is 10.9. The summed E-state index contributed by atoms with van der Waals surface area (Å²) in [5, 5.41) is 8.03. The van der Waals surface area contributed by atoms with Crippen LogP contribution in [0.4, 0.5) is 0 Å². The van der Waals surface area contributed by atoms with Crippen molar-refractivity contribution in [3.63, 3.8) is 0 Å². The van der Waals surface area contributed by atoms with Crippen molar-refractivity contribution in [2.24, 2.45) is 5.10 Å². The zero-order valence-corrected chi connectivity index (χ0v) is 18.8. The number of nitrogens with zero attached hydrogens (tertiary/aromatic N) is 3. The van der Waals surface area contributed by atoms with Crippen LogP contribution in [0.25, 0.3) is 0 Å². The van der Waals surface area contributed by atoms with E-state index in [4.69, 9.17) is 0 Å². The number of hydrogen-bond donors (Lipinski definition) is 0. The molecule has 1 aliphatic rings. The van der Waals surface area contributed by atoms with E-state index in [2.05, 4.69) is 17.2 Å². The van der Waals surface area contributed by atoms with Crippen LogP contribution in [0, 0.1) is 0 Å². The van der Waals surface area contributed by atoms with Crippen molar-refractivity contribution in [2.45, 2.75) is 32.2 Å². The van der Waals surface area contributed by atoms with Crippen LogP contribution in [-0.4, -0.2) is 40.5 Å². The van der Waals surface area contributed by atoms with Crippen molar-refractivity contribution in [1.29, 1.82) is 0 Å². The Morgan fingerprint density at radius 3 is 2.41 bits per heavy atom. The standard InChI is InChI=1S/C26H27N3O2S/c30-25(13-14-26(31)29-18-16-24(27-29)22-10-5-2-6-11-22)28(20-23-12-7-19-32-23)17-15-21-8-3-1-4-9-21/h1-12,19H,13-18,20H2. The molecular formula is C26H27N3O2S. The Morgan fingerprint density at radius 2 is 1.69 bits per heavy atom. The van der Waals surface area contributed by atoms with Crippen molar-refractivity contribution >= 4 is 28.9 Å². The molecule has 164 valence electrons. The Bertz CT molecular complexity index is 1050. The molecule has 0 spiro atoms. The van der Waals surface area contributed by atoms with Gasteiger partial charge in [-0.3, -0.25) is 9.59 Å². The van der Waals surface area contributed by atoms with Crippen LogP contribution in [0.5, 0.6) is 0 Å². The molecular weight excluding hydrogens is 418 g/mol. The van der Waals surface area contributed by atoms with E-state index in [0.29, 0.717) is 19.6 Å². The Hall–Kier alpha value is -3.25. The van der Waals surface area contributed by atoms with E-state index < -0.39 is 0 Å². The summed E-state index contributed by atoms with van der Waals surface area (Å²) in [4.78, 5) is 28.7. The minimum Gasteiger partial charge on any atom is -0.337 e. The zero-order chi connectivity index (χ0) is 22.2. The topological polar surface area (TPSA) is 53.0 Å². The van der Waals surface area contributed by atoms with Crippen LogP contribution in [0.2, 0.25) is 0 Å². The quantitative estimate of drug-likeness (QED) is 0.478. The third-order valence-corrected chi connectivity index (χ3v) is 6.40. The van der Waals surface area contributed by atoms with Gasteiger partial charge < -0.3 is 4.90 Å². The molecule has 0 radical (unpaired) electrons. The Kier molecular flexibility index (Phi) is 7.46. The van der Waals surface area contributed by atoms with Crippen molar-refractivity contribution in [3.05, 3.63) is 94.2 Å². The van der Waals surface area contributed by atoms with Crippen LogP contribution in [0.1, 0.15) is 35.3 Å². The van der Waals surface area contributed by atoms with Gasteiger partial charge in [-0.25, -0.2) is 5.01 Å². The molecule has 2 aromatic carbocycles. The number of carbonyl (C=O) groups is 2. The lowest BCUT2D eigenvalue weighted by Crippen LogP contribution is -2.33. The zero-order valence-electron chi connectivity index (χ0n) is 18.0. The number of rotatable bonds is 9. The van der Waals surface area contributed by atoms with Crippen molar-refractivity contribution < 1.29 is 9.59 Å². The minimum absolute atomic E-state index is 0.00846. The molecule has 2 amide bonds. The third-order valence-electron chi connectivity index (χ3n) is 5.54. The summed E-state index contributed by atoms with van der Waals surface area (Å²) in [6.07, 6.45) is 1.91. The largest absolute Gasteiger partial charge is 0.337 e. The molecule has 0 aliphatic carbocycles. The summed E-state index contributed by atoms with van der Waals surface area (Å²) in [6, 6.07) is 24.1. The van der Waals surface area contributed by atoms with Gasteiger partial charge in [0.15, 0.2) is 0 Å². The first-order chi connectivity index (χ1) is 15.7. The highest BCUT2D eigenvalue weighted by Crippen LogP contribution is 2.17. The van der Waals surface area contributed by atoms with Crippen LogP contribution in [0.15, 0.2) is 83.3 Å². The van der Waals surface area contributed by atoms with Crippen molar-refractivity contribution in [1.82, 2.24) is 9.91 Å². The molecule has 3 aromatic rings.